The van der Waals surface area contributed by atoms with Crippen molar-refractivity contribution in [1.29, 1.82) is 0 Å². The maximum Gasteiger partial charge on any atom is 0.268 e. The standard InChI is InChI=1S/C18H15NO4S/c1-11-2-5-13(6-3-11)24(22,23)19-10-12-4-8-15(20)18-16(21)9-7-14(19)17(12)18/h2-3,5-7,9-10,21H,4,8H2,1H3. The van der Waals surface area contributed by atoms with E-state index in [1.807, 2.05) is 6.92 Å². The minimum Gasteiger partial charge on any atom is -0.507 e. The third kappa shape index (κ3) is 1.99. The lowest BCUT2D eigenvalue weighted by molar-refractivity contribution is 0.0979. The first-order valence-corrected chi connectivity index (χ1v) is 9.05. The molecule has 2 aromatic carbocycles. The highest BCUT2D eigenvalue weighted by Crippen LogP contribution is 2.37. The molecule has 1 N–H and O–H groups in total. The van der Waals surface area contributed by atoms with Crippen LogP contribution in [0.5, 0.6) is 5.75 Å². The van der Waals surface area contributed by atoms with Crippen LogP contribution in [0.2, 0.25) is 0 Å². The van der Waals surface area contributed by atoms with Crippen LogP contribution in [-0.4, -0.2) is 23.3 Å². The number of phenolic OH excluding ortho intramolecular Hbond substituents is 1. The molecule has 0 saturated heterocycles. The number of hydrogen-bond donors (Lipinski definition) is 1. The van der Waals surface area contributed by atoms with Crippen LogP contribution < -0.4 is 0 Å². The second kappa shape index (κ2) is 4.95. The average molecular weight is 341 g/mol. The zero-order chi connectivity index (χ0) is 17.1. The van der Waals surface area contributed by atoms with Gasteiger partial charge in [-0.25, -0.2) is 12.4 Å². The molecular formula is C18H15NO4S. The Morgan fingerprint density at radius 1 is 1.04 bits per heavy atom. The van der Waals surface area contributed by atoms with Gasteiger partial charge in [0.05, 0.1) is 16.0 Å². The van der Waals surface area contributed by atoms with Crippen molar-refractivity contribution in [2.24, 2.45) is 0 Å². The van der Waals surface area contributed by atoms with Crippen LogP contribution >= 0.6 is 0 Å². The fourth-order valence-electron chi connectivity index (χ4n) is 3.23. The van der Waals surface area contributed by atoms with Gasteiger partial charge in [-0.3, -0.25) is 4.79 Å². The normalized spacial score (nSPS) is 14.3. The summed E-state index contributed by atoms with van der Waals surface area (Å²) in [6, 6.07) is 9.56. The predicted molar refractivity (Wildman–Crippen MR) is 90.0 cm³/mol. The summed E-state index contributed by atoms with van der Waals surface area (Å²) in [5.74, 6) is -0.255. The molecule has 122 valence electrons. The Labute approximate surface area is 139 Å². The Balaban J connectivity index is 2.03. The molecule has 0 radical (unpaired) electrons. The summed E-state index contributed by atoms with van der Waals surface area (Å²) in [5.41, 5.74) is 2.40. The molecule has 1 aliphatic carbocycles. The third-order valence-electron chi connectivity index (χ3n) is 4.47. The number of carbonyl (C=O) groups is 1. The number of aromatic hydroxyl groups is 1. The van der Waals surface area contributed by atoms with Crippen LogP contribution in [0.4, 0.5) is 0 Å². The molecule has 0 bridgehead atoms. The van der Waals surface area contributed by atoms with Crippen molar-refractivity contribution >= 4 is 26.7 Å². The van der Waals surface area contributed by atoms with Crippen LogP contribution in [0.1, 0.15) is 27.9 Å². The number of benzene rings is 2. The van der Waals surface area contributed by atoms with Crippen molar-refractivity contribution < 1.29 is 18.3 Å². The summed E-state index contributed by atoms with van der Waals surface area (Å²) in [6.45, 7) is 1.89. The van der Waals surface area contributed by atoms with Crippen LogP contribution in [-0.2, 0) is 16.4 Å². The summed E-state index contributed by atoms with van der Waals surface area (Å²) >= 11 is 0. The zero-order valence-electron chi connectivity index (χ0n) is 13.0. The van der Waals surface area contributed by atoms with E-state index in [0.717, 1.165) is 11.1 Å². The molecular weight excluding hydrogens is 326 g/mol. The molecule has 6 heteroatoms. The second-order valence-corrected chi connectivity index (χ2v) is 7.86. The van der Waals surface area contributed by atoms with E-state index in [2.05, 4.69) is 0 Å². The topological polar surface area (TPSA) is 76.4 Å². The van der Waals surface area contributed by atoms with Gasteiger partial charge in [0.15, 0.2) is 5.78 Å². The van der Waals surface area contributed by atoms with Gasteiger partial charge < -0.3 is 5.11 Å². The van der Waals surface area contributed by atoms with Crippen LogP contribution in [0.15, 0.2) is 47.5 Å². The van der Waals surface area contributed by atoms with Crippen molar-refractivity contribution in [1.82, 2.24) is 3.97 Å². The smallest absolute Gasteiger partial charge is 0.268 e. The molecule has 1 aromatic heterocycles. The molecule has 0 amide bonds. The number of Topliss-reactive ketones (excluding diaryl/α,β-unsaturated/α-hetero) is 1. The predicted octanol–water partition coefficient (Wildman–Crippen LogP) is 3.02. The molecule has 3 aromatic rings. The highest BCUT2D eigenvalue weighted by Gasteiger charge is 2.28. The molecule has 1 heterocycles. The first kappa shape index (κ1) is 15.0. The molecule has 4 rings (SSSR count). The number of hydrogen-bond acceptors (Lipinski definition) is 4. The fourth-order valence-corrected chi connectivity index (χ4v) is 4.62. The van der Waals surface area contributed by atoms with Gasteiger partial charge in [0.25, 0.3) is 10.0 Å². The van der Waals surface area contributed by atoms with Crippen molar-refractivity contribution in [3.8, 4) is 5.75 Å². The van der Waals surface area contributed by atoms with Gasteiger partial charge >= 0.3 is 0 Å². The number of nitrogens with zero attached hydrogens (tertiary/aromatic N) is 1. The molecule has 0 aliphatic heterocycles. The van der Waals surface area contributed by atoms with Crippen molar-refractivity contribution in [3.63, 3.8) is 0 Å². The van der Waals surface area contributed by atoms with E-state index in [9.17, 15) is 18.3 Å². The van der Waals surface area contributed by atoms with Crippen LogP contribution in [0, 0.1) is 6.92 Å². The molecule has 0 saturated carbocycles. The Bertz CT molecular complexity index is 1090. The molecule has 0 spiro atoms. The number of carbonyl (C=O) groups excluding carboxylic acids is 1. The van der Waals surface area contributed by atoms with E-state index in [-0.39, 0.29) is 28.4 Å². The summed E-state index contributed by atoms with van der Waals surface area (Å²) in [4.78, 5) is 12.3. The Morgan fingerprint density at radius 2 is 1.75 bits per heavy atom. The largest absolute Gasteiger partial charge is 0.507 e. The first-order valence-electron chi connectivity index (χ1n) is 7.61. The van der Waals surface area contributed by atoms with E-state index in [0.29, 0.717) is 17.3 Å². The Hall–Kier alpha value is -2.60. The number of phenols is 1. The zero-order valence-corrected chi connectivity index (χ0v) is 13.8. The first-order chi connectivity index (χ1) is 11.4. The van der Waals surface area contributed by atoms with Crippen LogP contribution in [0.25, 0.3) is 10.9 Å². The van der Waals surface area contributed by atoms with Gasteiger partial charge in [-0.15, -0.1) is 0 Å². The van der Waals surface area contributed by atoms with E-state index in [1.54, 1.807) is 36.5 Å². The third-order valence-corrected chi connectivity index (χ3v) is 6.16. The van der Waals surface area contributed by atoms with Gasteiger partial charge in [-0.05, 0) is 43.2 Å². The van der Waals surface area contributed by atoms with Crippen molar-refractivity contribution in [2.45, 2.75) is 24.7 Å². The lowest BCUT2D eigenvalue weighted by Crippen LogP contribution is -2.11. The summed E-state index contributed by atoms with van der Waals surface area (Å²) in [5, 5.41) is 10.6. The molecule has 5 nitrogen and oxygen atoms in total. The fraction of sp³-hybridized carbons (Fsp3) is 0.167. The van der Waals surface area contributed by atoms with Gasteiger partial charge in [-0.1, -0.05) is 17.7 Å². The summed E-state index contributed by atoms with van der Waals surface area (Å²) in [6.07, 6.45) is 2.31. The minimum absolute atomic E-state index is 0.0982. The lowest BCUT2D eigenvalue weighted by Gasteiger charge is -2.12. The maximum absolute atomic E-state index is 13.0. The van der Waals surface area contributed by atoms with E-state index < -0.39 is 10.0 Å². The highest BCUT2D eigenvalue weighted by atomic mass is 32.2. The van der Waals surface area contributed by atoms with Gasteiger partial charge in [0.1, 0.15) is 5.75 Å². The van der Waals surface area contributed by atoms with Gasteiger partial charge in [0, 0.05) is 18.0 Å². The average Bonchev–Trinajstić information content (AvgIpc) is 2.93. The number of ketones is 1. The number of rotatable bonds is 2. The second-order valence-electron chi connectivity index (χ2n) is 6.05. The van der Waals surface area contributed by atoms with Gasteiger partial charge in [-0.2, -0.15) is 0 Å². The quantitative estimate of drug-likeness (QED) is 0.777. The van der Waals surface area contributed by atoms with E-state index in [1.165, 1.54) is 10.0 Å². The summed E-state index contributed by atoms with van der Waals surface area (Å²) < 4.78 is 27.2. The minimum atomic E-state index is -3.77. The van der Waals surface area contributed by atoms with E-state index >= 15 is 0 Å². The van der Waals surface area contributed by atoms with Crippen molar-refractivity contribution in [2.75, 3.05) is 0 Å². The number of aryl methyl sites for hydroxylation is 2. The summed E-state index contributed by atoms with van der Waals surface area (Å²) in [7, 11) is -3.77. The molecule has 0 unspecified atom stereocenters. The highest BCUT2D eigenvalue weighted by molar-refractivity contribution is 7.90. The molecule has 0 atom stereocenters. The molecule has 1 aliphatic rings. The Kier molecular flexibility index (Phi) is 3.08. The van der Waals surface area contributed by atoms with Gasteiger partial charge in [0.2, 0.25) is 0 Å². The monoisotopic (exact) mass is 341 g/mol. The van der Waals surface area contributed by atoms with Crippen LogP contribution in [0.3, 0.4) is 0 Å². The SMILES string of the molecule is Cc1ccc(S(=O)(=O)n2cc3c4c(c(O)ccc42)C(=O)CC3)cc1. The molecule has 0 fully saturated rings. The maximum atomic E-state index is 13.0. The van der Waals surface area contributed by atoms with Crippen molar-refractivity contribution in [3.05, 3.63) is 59.3 Å². The number of aromatic nitrogens is 1. The Morgan fingerprint density at radius 3 is 2.46 bits per heavy atom. The molecule has 24 heavy (non-hydrogen) atoms. The lowest BCUT2D eigenvalue weighted by atomic mass is 9.91. The van der Waals surface area contributed by atoms with E-state index in [4.69, 9.17) is 0 Å².